The zero-order chi connectivity index (χ0) is 22.5. The molecule has 1 aromatic heterocycles. The van der Waals surface area contributed by atoms with Crippen molar-refractivity contribution in [2.24, 2.45) is 0 Å². The van der Waals surface area contributed by atoms with Crippen LogP contribution < -0.4 is 10.1 Å². The molecule has 3 aromatic carbocycles. The molecule has 162 valence electrons. The van der Waals surface area contributed by atoms with Gasteiger partial charge in [0.15, 0.2) is 0 Å². The van der Waals surface area contributed by atoms with Crippen LogP contribution in [0.4, 0.5) is 14.5 Å². The summed E-state index contributed by atoms with van der Waals surface area (Å²) >= 11 is 1.39. The summed E-state index contributed by atoms with van der Waals surface area (Å²) in [6.45, 7) is 2.29. The molecule has 1 N–H and O–H groups in total. The third kappa shape index (κ3) is 5.36. The minimum Gasteiger partial charge on any atom is -0.486 e. The van der Waals surface area contributed by atoms with Gasteiger partial charge in [-0.2, -0.15) is 0 Å². The van der Waals surface area contributed by atoms with Gasteiger partial charge in [-0.25, -0.2) is 13.8 Å². The monoisotopic (exact) mass is 450 g/mol. The Bertz CT molecular complexity index is 1220. The molecule has 4 rings (SSSR count). The maximum absolute atomic E-state index is 14.5. The molecular formula is C25H20F2N2O2S. The highest BCUT2D eigenvalue weighted by Crippen LogP contribution is 2.31. The molecular weight excluding hydrogens is 430 g/mol. The van der Waals surface area contributed by atoms with Gasteiger partial charge in [-0.05, 0) is 30.7 Å². The Hall–Kier alpha value is -3.58. The number of hydrogen-bond donors (Lipinski definition) is 1. The van der Waals surface area contributed by atoms with E-state index in [1.807, 2.05) is 31.2 Å². The van der Waals surface area contributed by atoms with Crippen molar-refractivity contribution in [2.75, 3.05) is 5.32 Å². The summed E-state index contributed by atoms with van der Waals surface area (Å²) in [5.41, 5.74) is 2.53. The lowest BCUT2D eigenvalue weighted by Crippen LogP contribution is -2.16. The van der Waals surface area contributed by atoms with Crippen molar-refractivity contribution in [3.05, 3.63) is 100 Å². The molecule has 0 bridgehead atoms. The lowest BCUT2D eigenvalue weighted by atomic mass is 10.0. The van der Waals surface area contributed by atoms with E-state index in [0.717, 1.165) is 22.4 Å². The molecule has 0 unspecified atom stereocenters. The fourth-order valence-corrected chi connectivity index (χ4v) is 3.88. The lowest BCUT2D eigenvalue weighted by molar-refractivity contribution is -0.115. The normalized spacial score (nSPS) is 10.7. The van der Waals surface area contributed by atoms with Crippen molar-refractivity contribution in [1.82, 2.24) is 4.98 Å². The van der Waals surface area contributed by atoms with Crippen LogP contribution in [0.15, 0.2) is 72.1 Å². The first-order valence-electron chi connectivity index (χ1n) is 9.95. The first-order chi connectivity index (χ1) is 15.5. The van der Waals surface area contributed by atoms with Gasteiger partial charge in [0.05, 0.1) is 17.8 Å². The van der Waals surface area contributed by atoms with Crippen LogP contribution in [-0.4, -0.2) is 10.9 Å². The van der Waals surface area contributed by atoms with E-state index in [0.29, 0.717) is 17.9 Å². The second kappa shape index (κ2) is 9.70. The fraction of sp³-hybridized carbons (Fsp3) is 0.120. The number of amides is 1. The highest BCUT2D eigenvalue weighted by atomic mass is 32.1. The van der Waals surface area contributed by atoms with Gasteiger partial charge < -0.3 is 10.1 Å². The van der Waals surface area contributed by atoms with E-state index >= 15 is 0 Å². The molecule has 4 nitrogen and oxygen atoms in total. The molecule has 0 radical (unpaired) electrons. The molecule has 0 saturated heterocycles. The van der Waals surface area contributed by atoms with Gasteiger partial charge in [-0.1, -0.05) is 48.0 Å². The number of rotatable bonds is 7. The maximum Gasteiger partial charge on any atom is 0.230 e. The molecule has 0 fully saturated rings. The number of thiazole rings is 1. The SMILES string of the molecule is Cc1ccc(OCc2nc(CC(=O)Nc3c(F)cc(F)cc3-c3ccccc3)cs2)cc1. The number of halogens is 2. The molecule has 0 aliphatic rings. The third-order valence-corrected chi connectivity index (χ3v) is 5.60. The van der Waals surface area contributed by atoms with Crippen LogP contribution in [0.3, 0.4) is 0 Å². The summed E-state index contributed by atoms with van der Waals surface area (Å²) in [5.74, 6) is -1.24. The van der Waals surface area contributed by atoms with Crippen molar-refractivity contribution in [3.63, 3.8) is 0 Å². The third-order valence-electron chi connectivity index (χ3n) is 4.73. The number of carbonyl (C=O) groups is 1. The quantitative estimate of drug-likeness (QED) is 0.367. The lowest BCUT2D eigenvalue weighted by Gasteiger charge is -2.12. The first kappa shape index (κ1) is 21.6. The van der Waals surface area contributed by atoms with E-state index < -0.39 is 17.5 Å². The molecule has 7 heteroatoms. The Morgan fingerprint density at radius 1 is 1.06 bits per heavy atom. The Morgan fingerprint density at radius 3 is 2.56 bits per heavy atom. The predicted molar refractivity (Wildman–Crippen MR) is 122 cm³/mol. The van der Waals surface area contributed by atoms with Crippen LogP contribution in [0.25, 0.3) is 11.1 Å². The topological polar surface area (TPSA) is 51.2 Å². The van der Waals surface area contributed by atoms with Gasteiger partial charge in [0, 0.05) is 17.0 Å². The molecule has 0 aliphatic heterocycles. The number of ether oxygens (including phenoxy) is 1. The zero-order valence-corrected chi connectivity index (χ0v) is 18.1. The largest absolute Gasteiger partial charge is 0.486 e. The number of anilines is 1. The number of carbonyl (C=O) groups excluding carboxylic acids is 1. The van der Waals surface area contributed by atoms with Crippen LogP contribution in [0.1, 0.15) is 16.3 Å². The van der Waals surface area contributed by atoms with Crippen molar-refractivity contribution >= 4 is 22.9 Å². The Balaban J connectivity index is 1.43. The fourth-order valence-electron chi connectivity index (χ4n) is 3.17. The molecule has 32 heavy (non-hydrogen) atoms. The van der Waals surface area contributed by atoms with E-state index in [9.17, 15) is 13.6 Å². The van der Waals surface area contributed by atoms with Crippen molar-refractivity contribution in [2.45, 2.75) is 20.0 Å². The minimum atomic E-state index is -0.831. The smallest absolute Gasteiger partial charge is 0.230 e. The Kier molecular flexibility index (Phi) is 6.56. The second-order valence-electron chi connectivity index (χ2n) is 7.24. The number of benzene rings is 3. The van der Waals surface area contributed by atoms with Gasteiger partial charge in [-0.15, -0.1) is 11.3 Å². The molecule has 0 saturated carbocycles. The molecule has 0 spiro atoms. The van der Waals surface area contributed by atoms with E-state index in [-0.39, 0.29) is 17.7 Å². The second-order valence-corrected chi connectivity index (χ2v) is 8.18. The maximum atomic E-state index is 14.5. The first-order valence-corrected chi connectivity index (χ1v) is 10.8. The van der Waals surface area contributed by atoms with E-state index in [2.05, 4.69) is 10.3 Å². The molecule has 4 aromatic rings. The van der Waals surface area contributed by atoms with Crippen molar-refractivity contribution < 1.29 is 18.3 Å². The summed E-state index contributed by atoms with van der Waals surface area (Å²) in [6.07, 6.45) is -0.0356. The predicted octanol–water partition coefficient (Wildman–Crippen LogP) is 6.16. The number of aryl methyl sites for hydroxylation is 1. The zero-order valence-electron chi connectivity index (χ0n) is 17.3. The number of aromatic nitrogens is 1. The van der Waals surface area contributed by atoms with Crippen LogP contribution in [0, 0.1) is 18.6 Å². The highest BCUT2D eigenvalue weighted by Gasteiger charge is 2.17. The summed E-state index contributed by atoms with van der Waals surface area (Å²) < 4.78 is 34.0. The number of nitrogens with one attached hydrogen (secondary N) is 1. The number of hydrogen-bond acceptors (Lipinski definition) is 4. The van der Waals surface area contributed by atoms with E-state index in [4.69, 9.17) is 4.74 Å². The van der Waals surface area contributed by atoms with Gasteiger partial charge in [0.2, 0.25) is 5.91 Å². The summed E-state index contributed by atoms with van der Waals surface area (Å²) in [6, 6.07) is 18.4. The van der Waals surface area contributed by atoms with Crippen molar-refractivity contribution in [1.29, 1.82) is 0 Å². The standard InChI is InChI=1S/C25H20F2N2O2S/c1-16-7-9-20(10-8-16)31-14-24-28-19(15-32-24)13-23(30)29-25-21(11-18(26)12-22(25)27)17-5-3-2-4-6-17/h2-12,15H,13-14H2,1H3,(H,29,30). The van der Waals surface area contributed by atoms with Crippen LogP contribution in [0.5, 0.6) is 5.75 Å². The molecule has 0 atom stereocenters. The minimum absolute atomic E-state index is 0.0356. The highest BCUT2D eigenvalue weighted by molar-refractivity contribution is 7.09. The van der Waals surface area contributed by atoms with Gasteiger partial charge in [-0.3, -0.25) is 4.79 Å². The van der Waals surface area contributed by atoms with Crippen molar-refractivity contribution in [3.8, 4) is 16.9 Å². The number of nitrogens with zero attached hydrogens (tertiary/aromatic N) is 1. The Labute approximate surface area is 188 Å². The summed E-state index contributed by atoms with van der Waals surface area (Å²) in [5, 5.41) is 5.08. The average molecular weight is 451 g/mol. The summed E-state index contributed by atoms with van der Waals surface area (Å²) in [4.78, 5) is 17.0. The van der Waals surface area contributed by atoms with Crippen LogP contribution >= 0.6 is 11.3 Å². The molecule has 1 heterocycles. The molecule has 1 amide bonds. The summed E-state index contributed by atoms with van der Waals surface area (Å²) in [7, 11) is 0. The average Bonchev–Trinajstić information content (AvgIpc) is 3.23. The Morgan fingerprint density at radius 2 is 1.81 bits per heavy atom. The van der Waals surface area contributed by atoms with Crippen LogP contribution in [0.2, 0.25) is 0 Å². The van der Waals surface area contributed by atoms with E-state index in [1.165, 1.54) is 17.4 Å². The van der Waals surface area contributed by atoms with Gasteiger partial charge in [0.25, 0.3) is 0 Å². The molecule has 0 aliphatic carbocycles. The van der Waals surface area contributed by atoms with E-state index in [1.54, 1.807) is 35.7 Å². The van der Waals surface area contributed by atoms with Gasteiger partial charge >= 0.3 is 0 Å². The van der Waals surface area contributed by atoms with Crippen LogP contribution in [-0.2, 0) is 17.8 Å². The van der Waals surface area contributed by atoms with Gasteiger partial charge in [0.1, 0.15) is 29.0 Å².